The molecule has 8 heteroatoms. The molecule has 3 rings (SSSR count). The van der Waals surface area contributed by atoms with Crippen LogP contribution in [0.2, 0.25) is 0 Å². The summed E-state index contributed by atoms with van der Waals surface area (Å²) in [7, 11) is 0. The molecular weight excluding hydrogens is 404 g/mol. The van der Waals surface area contributed by atoms with Crippen molar-refractivity contribution in [1.82, 2.24) is 10.6 Å². The Morgan fingerprint density at radius 2 is 1.70 bits per heavy atom. The number of ether oxygens (including phenoxy) is 2. The van der Waals surface area contributed by atoms with Crippen LogP contribution in [0.5, 0.6) is 0 Å². The van der Waals surface area contributed by atoms with Crippen molar-refractivity contribution in [3.05, 3.63) is 77.0 Å². The van der Waals surface area contributed by atoms with E-state index in [0.29, 0.717) is 11.1 Å². The Hall–Kier alpha value is -3.26. The van der Waals surface area contributed by atoms with Gasteiger partial charge in [0.1, 0.15) is 6.61 Å². The van der Waals surface area contributed by atoms with E-state index >= 15 is 0 Å². The highest BCUT2D eigenvalue weighted by molar-refractivity contribution is 7.98. The van der Waals surface area contributed by atoms with Crippen LogP contribution < -0.4 is 10.6 Å². The average molecular weight is 426 g/mol. The number of esters is 2. The Labute approximate surface area is 178 Å². The Kier molecular flexibility index (Phi) is 7.13. The molecule has 0 unspecified atom stereocenters. The van der Waals surface area contributed by atoms with Gasteiger partial charge in [-0.15, -0.1) is 11.8 Å². The smallest absolute Gasteiger partial charge is 0.338 e. The highest BCUT2D eigenvalue weighted by Crippen LogP contribution is 2.28. The topological polar surface area (TPSA) is 93.7 Å². The summed E-state index contributed by atoms with van der Waals surface area (Å²) in [5.74, 6) is -1.14. The van der Waals surface area contributed by atoms with Crippen LogP contribution in [0.4, 0.5) is 4.79 Å². The second-order valence-corrected chi connectivity index (χ2v) is 7.24. The molecule has 1 atom stereocenters. The lowest BCUT2D eigenvalue weighted by atomic mass is 9.95. The molecule has 0 saturated heterocycles. The predicted molar refractivity (Wildman–Crippen MR) is 113 cm³/mol. The molecule has 0 radical (unpaired) electrons. The zero-order valence-corrected chi connectivity index (χ0v) is 17.5. The van der Waals surface area contributed by atoms with Crippen LogP contribution in [0.25, 0.3) is 0 Å². The lowest BCUT2D eigenvalue weighted by Crippen LogP contribution is -2.47. The van der Waals surface area contributed by atoms with Crippen molar-refractivity contribution in [2.45, 2.75) is 17.9 Å². The predicted octanol–water partition coefficient (Wildman–Crippen LogP) is 3.44. The van der Waals surface area contributed by atoms with Gasteiger partial charge < -0.3 is 20.1 Å². The molecule has 7 nitrogen and oxygen atoms in total. The standard InChI is InChI=1S/C22H22N2O5S/c1-3-28-21(26)18-17(13-29-20(25)15-9-11-16(30-2)12-10-15)23-22(27)24-19(18)14-7-5-4-6-8-14/h4-12,19H,3,13H2,1-2H3,(H2,23,24,27)/t19-/m1/s1. The summed E-state index contributed by atoms with van der Waals surface area (Å²) in [6.07, 6.45) is 1.94. The van der Waals surface area contributed by atoms with Crippen molar-refractivity contribution in [3.8, 4) is 0 Å². The Balaban J connectivity index is 1.87. The van der Waals surface area contributed by atoms with Crippen molar-refractivity contribution in [1.29, 1.82) is 0 Å². The lowest BCUT2D eigenvalue weighted by molar-refractivity contribution is -0.139. The van der Waals surface area contributed by atoms with Crippen LogP contribution in [0, 0.1) is 0 Å². The molecule has 0 aliphatic carbocycles. The van der Waals surface area contributed by atoms with Crippen molar-refractivity contribution >= 4 is 29.7 Å². The highest BCUT2D eigenvalue weighted by Gasteiger charge is 2.34. The number of benzene rings is 2. The number of urea groups is 1. The molecule has 30 heavy (non-hydrogen) atoms. The molecule has 0 aromatic heterocycles. The van der Waals surface area contributed by atoms with Crippen LogP contribution in [0.15, 0.2) is 70.8 Å². The molecule has 2 N–H and O–H groups in total. The number of rotatable bonds is 7. The zero-order valence-electron chi connectivity index (χ0n) is 16.6. The number of carbonyl (C=O) groups excluding carboxylic acids is 3. The minimum Gasteiger partial charge on any atom is -0.463 e. The molecule has 0 bridgehead atoms. The first-order chi connectivity index (χ1) is 14.5. The highest BCUT2D eigenvalue weighted by atomic mass is 32.2. The zero-order chi connectivity index (χ0) is 21.5. The Bertz CT molecular complexity index is 957. The number of amides is 2. The van der Waals surface area contributed by atoms with Gasteiger partial charge in [0.25, 0.3) is 0 Å². The summed E-state index contributed by atoms with van der Waals surface area (Å²) in [5, 5.41) is 5.31. The average Bonchev–Trinajstić information content (AvgIpc) is 2.77. The molecule has 156 valence electrons. The largest absolute Gasteiger partial charge is 0.463 e. The third-order valence-corrected chi connectivity index (χ3v) is 5.20. The SMILES string of the molecule is CCOC(=O)C1=C(COC(=O)c2ccc(SC)cc2)NC(=O)N[C@@H]1c1ccccc1. The van der Waals surface area contributed by atoms with Crippen LogP contribution in [-0.2, 0) is 14.3 Å². The maximum atomic E-state index is 12.7. The third kappa shape index (κ3) is 5.01. The first-order valence-electron chi connectivity index (χ1n) is 9.37. The van der Waals surface area contributed by atoms with Crippen molar-refractivity contribution in [3.63, 3.8) is 0 Å². The van der Waals surface area contributed by atoms with Gasteiger partial charge in [-0.2, -0.15) is 0 Å². The maximum absolute atomic E-state index is 12.7. The van der Waals surface area contributed by atoms with Crippen LogP contribution >= 0.6 is 11.8 Å². The molecular formula is C22H22N2O5S. The normalized spacial score (nSPS) is 15.8. The first kappa shape index (κ1) is 21.4. The minimum atomic E-state index is -0.714. The lowest BCUT2D eigenvalue weighted by Gasteiger charge is -2.29. The molecule has 2 aromatic rings. The summed E-state index contributed by atoms with van der Waals surface area (Å²) < 4.78 is 10.6. The molecule has 1 aliphatic heterocycles. The fraction of sp³-hybridized carbons (Fsp3) is 0.227. The van der Waals surface area contributed by atoms with Gasteiger partial charge in [-0.3, -0.25) is 0 Å². The van der Waals surface area contributed by atoms with E-state index in [9.17, 15) is 14.4 Å². The number of hydrogen-bond acceptors (Lipinski definition) is 6. The molecule has 1 heterocycles. The van der Waals surface area contributed by atoms with E-state index in [1.165, 1.54) is 0 Å². The Morgan fingerprint density at radius 1 is 1.00 bits per heavy atom. The number of thioether (sulfide) groups is 1. The maximum Gasteiger partial charge on any atom is 0.338 e. The summed E-state index contributed by atoms with van der Waals surface area (Å²) >= 11 is 1.57. The second kappa shape index (κ2) is 9.98. The summed E-state index contributed by atoms with van der Waals surface area (Å²) in [6.45, 7) is 1.60. The molecule has 0 saturated carbocycles. The van der Waals surface area contributed by atoms with Gasteiger partial charge in [-0.05, 0) is 43.0 Å². The summed E-state index contributed by atoms with van der Waals surface area (Å²) in [6, 6.07) is 14.8. The molecule has 0 fully saturated rings. The fourth-order valence-corrected chi connectivity index (χ4v) is 3.43. The monoisotopic (exact) mass is 426 g/mol. The van der Waals surface area contributed by atoms with Crippen LogP contribution in [0.1, 0.15) is 28.9 Å². The van der Waals surface area contributed by atoms with E-state index in [2.05, 4.69) is 10.6 Å². The van der Waals surface area contributed by atoms with Gasteiger partial charge in [0.15, 0.2) is 0 Å². The van der Waals surface area contributed by atoms with Crippen molar-refractivity contribution < 1.29 is 23.9 Å². The van der Waals surface area contributed by atoms with E-state index in [4.69, 9.17) is 9.47 Å². The molecule has 1 aliphatic rings. The van der Waals surface area contributed by atoms with E-state index in [0.717, 1.165) is 4.90 Å². The number of nitrogens with one attached hydrogen (secondary N) is 2. The van der Waals surface area contributed by atoms with Gasteiger partial charge >= 0.3 is 18.0 Å². The van der Waals surface area contributed by atoms with E-state index < -0.39 is 24.0 Å². The van der Waals surface area contributed by atoms with Gasteiger partial charge in [-0.25, -0.2) is 14.4 Å². The number of carbonyl (C=O) groups is 3. The third-order valence-electron chi connectivity index (χ3n) is 4.46. The van der Waals surface area contributed by atoms with Gasteiger partial charge in [0, 0.05) is 4.90 Å². The van der Waals surface area contributed by atoms with Crippen molar-refractivity contribution in [2.24, 2.45) is 0 Å². The van der Waals surface area contributed by atoms with Gasteiger partial charge in [0.2, 0.25) is 0 Å². The van der Waals surface area contributed by atoms with E-state index in [-0.39, 0.29) is 24.5 Å². The number of hydrogen-bond donors (Lipinski definition) is 2. The summed E-state index contributed by atoms with van der Waals surface area (Å²) in [5.41, 5.74) is 1.49. The fourth-order valence-electron chi connectivity index (χ4n) is 3.03. The minimum absolute atomic E-state index is 0.173. The van der Waals surface area contributed by atoms with E-state index in [1.807, 2.05) is 36.6 Å². The van der Waals surface area contributed by atoms with Crippen molar-refractivity contribution in [2.75, 3.05) is 19.5 Å². The molecule has 0 spiro atoms. The van der Waals surface area contributed by atoms with Gasteiger partial charge in [0.05, 0.1) is 29.5 Å². The molecule has 2 amide bonds. The van der Waals surface area contributed by atoms with Gasteiger partial charge in [-0.1, -0.05) is 30.3 Å². The quantitative estimate of drug-likeness (QED) is 0.520. The van der Waals surface area contributed by atoms with Crippen LogP contribution in [0.3, 0.4) is 0 Å². The molecule has 2 aromatic carbocycles. The Morgan fingerprint density at radius 3 is 2.33 bits per heavy atom. The first-order valence-corrected chi connectivity index (χ1v) is 10.6. The van der Waals surface area contributed by atoms with Crippen LogP contribution in [-0.4, -0.2) is 37.4 Å². The summed E-state index contributed by atoms with van der Waals surface area (Å²) in [4.78, 5) is 38.3. The second-order valence-electron chi connectivity index (χ2n) is 6.36. The van der Waals surface area contributed by atoms with E-state index in [1.54, 1.807) is 43.0 Å².